The van der Waals surface area contributed by atoms with Crippen LogP contribution in [-0.2, 0) is 0 Å². The fourth-order valence-electron chi connectivity index (χ4n) is 7.46. The molecule has 0 spiro atoms. The molecule has 0 heterocycles. The molecule has 4 aliphatic carbocycles. The van der Waals surface area contributed by atoms with Crippen LogP contribution in [0.2, 0.25) is 0 Å². The second kappa shape index (κ2) is 4.71. The van der Waals surface area contributed by atoms with Gasteiger partial charge < -0.3 is 10.8 Å². The molecule has 4 aliphatic rings. The Morgan fingerprint density at radius 1 is 0.952 bits per heavy atom. The molecule has 0 amide bonds. The topological polar surface area (TPSA) is 46.2 Å². The third-order valence-corrected chi connectivity index (χ3v) is 8.58. The summed E-state index contributed by atoms with van der Waals surface area (Å²) in [5.74, 6) is 2.95. The summed E-state index contributed by atoms with van der Waals surface area (Å²) in [5.41, 5.74) is 7.08. The lowest BCUT2D eigenvalue weighted by molar-refractivity contribution is -0.164. The molecule has 0 aromatic rings. The molecule has 0 radical (unpaired) electrons. The molecule has 0 aliphatic heterocycles. The first-order chi connectivity index (χ1) is 9.97. The lowest BCUT2D eigenvalue weighted by atomic mass is 9.44. The summed E-state index contributed by atoms with van der Waals surface area (Å²) in [6, 6.07) is 0.315. The maximum absolute atomic E-state index is 11.1. The molecule has 0 aromatic carbocycles. The molecule has 21 heavy (non-hydrogen) atoms. The Labute approximate surface area is 129 Å². The van der Waals surface area contributed by atoms with Crippen molar-refractivity contribution in [1.29, 1.82) is 0 Å². The van der Waals surface area contributed by atoms with E-state index in [0.29, 0.717) is 17.4 Å². The minimum absolute atomic E-state index is 0.105. The third-order valence-electron chi connectivity index (χ3n) is 8.58. The Morgan fingerprint density at radius 2 is 1.76 bits per heavy atom. The minimum atomic E-state index is -0.105. The van der Waals surface area contributed by atoms with Crippen molar-refractivity contribution in [3.63, 3.8) is 0 Å². The summed E-state index contributed by atoms with van der Waals surface area (Å²) in [5, 5.41) is 11.1. The number of hydrogen-bond donors (Lipinski definition) is 2. The Bertz CT molecular complexity index is 424. The Kier molecular flexibility index (Phi) is 3.25. The van der Waals surface area contributed by atoms with E-state index in [2.05, 4.69) is 13.8 Å². The van der Waals surface area contributed by atoms with Gasteiger partial charge in [0.05, 0.1) is 6.10 Å². The van der Waals surface area contributed by atoms with E-state index >= 15 is 0 Å². The first-order valence-corrected chi connectivity index (χ1v) is 9.40. The molecule has 0 aromatic heterocycles. The monoisotopic (exact) mass is 291 g/mol. The van der Waals surface area contributed by atoms with Gasteiger partial charge in [0, 0.05) is 6.04 Å². The summed E-state index contributed by atoms with van der Waals surface area (Å²) in [6.45, 7) is 4.90. The van der Waals surface area contributed by atoms with Gasteiger partial charge in [-0.1, -0.05) is 26.7 Å². The number of aliphatic hydroxyl groups is 1. The van der Waals surface area contributed by atoms with Crippen LogP contribution in [-0.4, -0.2) is 17.3 Å². The zero-order chi connectivity index (χ0) is 14.8. The van der Waals surface area contributed by atoms with Crippen LogP contribution in [0.5, 0.6) is 0 Å². The number of rotatable bonds is 0. The first-order valence-electron chi connectivity index (χ1n) is 9.40. The van der Waals surface area contributed by atoms with Crippen LogP contribution in [0.4, 0.5) is 0 Å². The van der Waals surface area contributed by atoms with Crippen molar-refractivity contribution >= 4 is 0 Å². The van der Waals surface area contributed by atoms with Gasteiger partial charge in [0.25, 0.3) is 0 Å². The number of fused-ring (bicyclic) bond motifs is 5. The van der Waals surface area contributed by atoms with Crippen LogP contribution < -0.4 is 5.73 Å². The van der Waals surface area contributed by atoms with Gasteiger partial charge in [-0.3, -0.25) is 0 Å². The van der Waals surface area contributed by atoms with Gasteiger partial charge in [-0.05, 0) is 79.4 Å². The van der Waals surface area contributed by atoms with E-state index in [1.807, 2.05) is 0 Å². The van der Waals surface area contributed by atoms with Gasteiger partial charge in [-0.2, -0.15) is 0 Å². The maximum Gasteiger partial charge on any atom is 0.0582 e. The van der Waals surface area contributed by atoms with Crippen LogP contribution in [0.25, 0.3) is 0 Å². The summed E-state index contributed by atoms with van der Waals surface area (Å²) in [7, 11) is 0. The number of aliphatic hydroxyl groups excluding tert-OH is 1. The maximum atomic E-state index is 11.1. The van der Waals surface area contributed by atoms with Crippen molar-refractivity contribution in [1.82, 2.24) is 0 Å². The predicted octanol–water partition coefficient (Wildman–Crippen LogP) is 3.72. The van der Waals surface area contributed by atoms with E-state index in [-0.39, 0.29) is 11.5 Å². The van der Waals surface area contributed by atoms with Gasteiger partial charge in [0.2, 0.25) is 0 Å². The molecule has 0 saturated heterocycles. The third kappa shape index (κ3) is 1.84. The van der Waals surface area contributed by atoms with Crippen LogP contribution in [0.3, 0.4) is 0 Å². The summed E-state index contributed by atoms with van der Waals surface area (Å²) >= 11 is 0. The fraction of sp³-hybridized carbons (Fsp3) is 1.00. The predicted molar refractivity (Wildman–Crippen MR) is 85.7 cm³/mol. The molecular weight excluding hydrogens is 258 g/mol. The van der Waals surface area contributed by atoms with E-state index in [1.165, 1.54) is 51.4 Å². The Hall–Kier alpha value is -0.0800. The molecule has 120 valence electrons. The summed E-state index contributed by atoms with van der Waals surface area (Å²) in [4.78, 5) is 0. The van der Waals surface area contributed by atoms with Crippen molar-refractivity contribution in [2.24, 2.45) is 40.2 Å². The molecule has 0 bridgehead atoms. The van der Waals surface area contributed by atoms with Gasteiger partial charge in [0.15, 0.2) is 0 Å². The molecule has 2 nitrogen and oxygen atoms in total. The standard InChI is InChI=1S/C19H33NO/c1-18-10-4-3-5-12(18)6-7-13-14-8-9-16(20)19(14,2)11-15(21)17(13)18/h12-17,21H,3-11,20H2,1-2H3/t12-,13?,14?,15?,16+,17?,18?,19?/m1/s1. The first kappa shape index (κ1) is 14.5. The number of hydrogen-bond acceptors (Lipinski definition) is 2. The lowest BCUT2D eigenvalue weighted by Gasteiger charge is -2.61. The van der Waals surface area contributed by atoms with Crippen molar-refractivity contribution < 1.29 is 5.11 Å². The lowest BCUT2D eigenvalue weighted by Crippen LogP contribution is -2.59. The summed E-state index contributed by atoms with van der Waals surface area (Å²) < 4.78 is 0. The van der Waals surface area contributed by atoms with Gasteiger partial charge in [0.1, 0.15) is 0 Å². The molecule has 4 fully saturated rings. The van der Waals surface area contributed by atoms with Gasteiger partial charge in [-0.25, -0.2) is 0 Å². The van der Waals surface area contributed by atoms with Crippen molar-refractivity contribution in [2.45, 2.75) is 83.8 Å². The summed E-state index contributed by atoms with van der Waals surface area (Å²) in [6.07, 6.45) is 11.7. The number of nitrogens with two attached hydrogens (primary N) is 1. The van der Waals surface area contributed by atoms with Crippen LogP contribution in [0, 0.1) is 34.5 Å². The smallest absolute Gasteiger partial charge is 0.0582 e. The average Bonchev–Trinajstić information content (AvgIpc) is 2.73. The van der Waals surface area contributed by atoms with Gasteiger partial charge in [-0.15, -0.1) is 0 Å². The molecular formula is C19H33NO. The van der Waals surface area contributed by atoms with Gasteiger partial charge >= 0.3 is 0 Å². The van der Waals surface area contributed by atoms with Crippen molar-refractivity contribution in [2.75, 3.05) is 0 Å². The molecule has 3 N–H and O–H groups in total. The second-order valence-corrected chi connectivity index (χ2v) is 9.28. The molecule has 4 saturated carbocycles. The molecule has 2 heteroatoms. The van der Waals surface area contributed by atoms with E-state index in [9.17, 15) is 5.11 Å². The Morgan fingerprint density at radius 3 is 2.57 bits per heavy atom. The van der Waals surface area contributed by atoms with E-state index < -0.39 is 0 Å². The quantitative estimate of drug-likeness (QED) is 0.714. The average molecular weight is 291 g/mol. The second-order valence-electron chi connectivity index (χ2n) is 9.28. The van der Waals surface area contributed by atoms with Crippen molar-refractivity contribution in [3.05, 3.63) is 0 Å². The molecule has 8 atom stereocenters. The van der Waals surface area contributed by atoms with Crippen LogP contribution in [0.15, 0.2) is 0 Å². The Balaban J connectivity index is 1.70. The van der Waals surface area contributed by atoms with Crippen molar-refractivity contribution in [3.8, 4) is 0 Å². The van der Waals surface area contributed by atoms with E-state index in [1.54, 1.807) is 0 Å². The SMILES string of the molecule is CC12CCCC[C@@H]1CCC1C2C(O)CC2(C)C1CC[C@@H]2N. The normalized spacial score (nSPS) is 60.0. The van der Waals surface area contributed by atoms with E-state index in [0.717, 1.165) is 24.2 Å². The molecule has 6 unspecified atom stereocenters. The van der Waals surface area contributed by atoms with Crippen LogP contribution >= 0.6 is 0 Å². The molecule has 4 rings (SSSR count). The van der Waals surface area contributed by atoms with Crippen LogP contribution in [0.1, 0.15) is 71.6 Å². The zero-order valence-corrected chi connectivity index (χ0v) is 13.9. The van der Waals surface area contributed by atoms with E-state index in [4.69, 9.17) is 5.73 Å². The highest BCUT2D eigenvalue weighted by atomic mass is 16.3. The zero-order valence-electron chi connectivity index (χ0n) is 13.9. The highest BCUT2D eigenvalue weighted by Gasteiger charge is 2.61. The minimum Gasteiger partial charge on any atom is -0.393 e. The highest BCUT2D eigenvalue weighted by Crippen LogP contribution is 2.65. The highest BCUT2D eigenvalue weighted by molar-refractivity contribution is 5.12. The fourth-order valence-corrected chi connectivity index (χ4v) is 7.46. The largest absolute Gasteiger partial charge is 0.393 e.